The van der Waals surface area contributed by atoms with Crippen molar-refractivity contribution in [3.05, 3.63) is 45.3 Å². The summed E-state index contributed by atoms with van der Waals surface area (Å²) in [5.41, 5.74) is 1.10. The van der Waals surface area contributed by atoms with Crippen LogP contribution in [0.1, 0.15) is 12.5 Å². The second-order valence-corrected chi connectivity index (χ2v) is 4.13. The largest absolute Gasteiger partial charge is 0.383 e. The first kappa shape index (κ1) is 15.3. The Morgan fingerprint density at radius 1 is 1.58 bits per heavy atom. The highest BCUT2D eigenvalue weighted by Gasteiger charge is 2.13. The molecule has 0 saturated heterocycles. The number of nitrogens with zero attached hydrogens (tertiary/aromatic N) is 1. The Kier molecular flexibility index (Phi) is 6.11. The van der Waals surface area contributed by atoms with Crippen LogP contribution in [0.4, 0.5) is 10.1 Å². The van der Waals surface area contributed by atoms with E-state index >= 15 is 0 Å². The maximum absolute atomic E-state index is 13.2. The van der Waals surface area contributed by atoms with Gasteiger partial charge in [0.1, 0.15) is 0 Å². The Morgan fingerprint density at radius 3 is 2.95 bits per heavy atom. The van der Waals surface area contributed by atoms with Crippen molar-refractivity contribution in [3.63, 3.8) is 0 Å². The number of nitrogens with one attached hydrogen (secondary N) is 1. The number of halogens is 1. The molecule has 1 rings (SSSR count). The maximum Gasteiger partial charge on any atom is 0.305 e. The smallest absolute Gasteiger partial charge is 0.305 e. The van der Waals surface area contributed by atoms with Crippen LogP contribution in [-0.2, 0) is 4.74 Å². The summed E-state index contributed by atoms with van der Waals surface area (Å²) >= 11 is 0. The molecule has 0 unspecified atom stereocenters. The van der Waals surface area contributed by atoms with Crippen molar-refractivity contribution in [3.8, 4) is 0 Å². The SMILES string of the molecule is COCCNC/C(C)=C/c1ccc(F)c([N+](=O)[O-])c1. The number of nitro benzene ring substituents is 1. The summed E-state index contributed by atoms with van der Waals surface area (Å²) in [5.74, 6) is -0.821. The van der Waals surface area contributed by atoms with Crippen LogP contribution in [0.15, 0.2) is 23.8 Å². The van der Waals surface area contributed by atoms with Gasteiger partial charge in [-0.05, 0) is 18.6 Å². The molecule has 0 atom stereocenters. The Morgan fingerprint density at radius 2 is 2.32 bits per heavy atom. The van der Waals surface area contributed by atoms with Crippen molar-refractivity contribution >= 4 is 11.8 Å². The molecule has 6 heteroatoms. The summed E-state index contributed by atoms with van der Waals surface area (Å²) in [6.07, 6.45) is 1.78. The molecule has 0 heterocycles. The van der Waals surface area contributed by atoms with Gasteiger partial charge < -0.3 is 10.1 Å². The molecular formula is C13H17FN2O3. The van der Waals surface area contributed by atoms with Gasteiger partial charge in [0.2, 0.25) is 5.82 Å². The van der Waals surface area contributed by atoms with Gasteiger partial charge in [0, 0.05) is 26.3 Å². The Labute approximate surface area is 111 Å². The highest BCUT2D eigenvalue weighted by atomic mass is 19.1. The zero-order chi connectivity index (χ0) is 14.3. The van der Waals surface area contributed by atoms with Gasteiger partial charge in [-0.2, -0.15) is 4.39 Å². The van der Waals surface area contributed by atoms with Gasteiger partial charge in [0.15, 0.2) is 0 Å². The van der Waals surface area contributed by atoms with E-state index in [2.05, 4.69) is 5.32 Å². The molecule has 1 aromatic rings. The number of nitro groups is 1. The van der Waals surface area contributed by atoms with Crippen molar-refractivity contribution < 1.29 is 14.1 Å². The maximum atomic E-state index is 13.2. The lowest BCUT2D eigenvalue weighted by molar-refractivity contribution is -0.387. The predicted molar refractivity (Wildman–Crippen MR) is 71.5 cm³/mol. The summed E-state index contributed by atoms with van der Waals surface area (Å²) in [5, 5.41) is 13.8. The Balaban J connectivity index is 2.70. The topological polar surface area (TPSA) is 64.4 Å². The third-order valence-corrected chi connectivity index (χ3v) is 2.47. The summed E-state index contributed by atoms with van der Waals surface area (Å²) in [6.45, 7) is 3.89. The Bertz CT molecular complexity index is 475. The summed E-state index contributed by atoms with van der Waals surface area (Å²) in [6, 6.07) is 3.85. The van der Waals surface area contributed by atoms with E-state index in [1.807, 2.05) is 6.92 Å². The molecule has 0 aliphatic heterocycles. The third-order valence-electron chi connectivity index (χ3n) is 2.47. The first-order valence-electron chi connectivity index (χ1n) is 5.85. The predicted octanol–water partition coefficient (Wildman–Crippen LogP) is 2.37. The van der Waals surface area contributed by atoms with E-state index in [0.29, 0.717) is 18.7 Å². The molecule has 104 valence electrons. The van der Waals surface area contributed by atoms with E-state index in [1.54, 1.807) is 13.2 Å². The lowest BCUT2D eigenvalue weighted by atomic mass is 10.1. The van der Waals surface area contributed by atoms with Crippen LogP contribution < -0.4 is 5.32 Å². The van der Waals surface area contributed by atoms with E-state index in [1.165, 1.54) is 12.1 Å². The average molecular weight is 268 g/mol. The van der Waals surface area contributed by atoms with Crippen LogP contribution >= 0.6 is 0 Å². The summed E-state index contributed by atoms with van der Waals surface area (Å²) < 4.78 is 18.1. The lowest BCUT2D eigenvalue weighted by Crippen LogP contribution is -2.20. The van der Waals surface area contributed by atoms with Gasteiger partial charge in [0.05, 0.1) is 11.5 Å². The molecule has 0 aliphatic carbocycles. The number of benzene rings is 1. The number of rotatable bonds is 7. The fraction of sp³-hybridized carbons (Fsp3) is 0.385. The van der Waals surface area contributed by atoms with Gasteiger partial charge in [-0.3, -0.25) is 10.1 Å². The van der Waals surface area contributed by atoms with Crippen LogP contribution in [0, 0.1) is 15.9 Å². The molecule has 0 bridgehead atoms. The minimum atomic E-state index is -0.821. The van der Waals surface area contributed by atoms with Gasteiger partial charge >= 0.3 is 5.69 Å². The van der Waals surface area contributed by atoms with Crippen LogP contribution in [0.25, 0.3) is 6.08 Å². The van der Waals surface area contributed by atoms with E-state index in [9.17, 15) is 14.5 Å². The van der Waals surface area contributed by atoms with Crippen LogP contribution in [-0.4, -0.2) is 31.7 Å². The van der Waals surface area contributed by atoms with Crippen molar-refractivity contribution in [1.82, 2.24) is 5.32 Å². The molecule has 1 aromatic carbocycles. The molecule has 0 radical (unpaired) electrons. The highest BCUT2D eigenvalue weighted by molar-refractivity contribution is 5.56. The number of methoxy groups -OCH3 is 1. The zero-order valence-corrected chi connectivity index (χ0v) is 11.0. The van der Waals surface area contributed by atoms with Gasteiger partial charge in [-0.15, -0.1) is 0 Å². The lowest BCUT2D eigenvalue weighted by Gasteiger charge is -2.04. The van der Waals surface area contributed by atoms with Crippen molar-refractivity contribution in [1.29, 1.82) is 0 Å². The minimum Gasteiger partial charge on any atom is -0.383 e. The fourth-order valence-corrected chi connectivity index (χ4v) is 1.55. The second-order valence-electron chi connectivity index (χ2n) is 4.13. The molecule has 5 nitrogen and oxygen atoms in total. The molecule has 1 N–H and O–H groups in total. The number of ether oxygens (including phenoxy) is 1. The van der Waals surface area contributed by atoms with E-state index in [4.69, 9.17) is 4.74 Å². The summed E-state index contributed by atoms with van der Waals surface area (Å²) in [7, 11) is 1.63. The van der Waals surface area contributed by atoms with Crippen molar-refractivity contribution in [2.45, 2.75) is 6.92 Å². The Hall–Kier alpha value is -1.79. The molecular weight excluding hydrogens is 251 g/mol. The first-order chi connectivity index (χ1) is 9.04. The number of hydrogen-bond donors (Lipinski definition) is 1. The highest BCUT2D eigenvalue weighted by Crippen LogP contribution is 2.19. The van der Waals surface area contributed by atoms with E-state index < -0.39 is 16.4 Å². The fourth-order valence-electron chi connectivity index (χ4n) is 1.55. The van der Waals surface area contributed by atoms with Crippen LogP contribution in [0.2, 0.25) is 0 Å². The third kappa shape index (κ3) is 5.15. The quantitative estimate of drug-likeness (QED) is 0.468. The van der Waals surface area contributed by atoms with E-state index in [0.717, 1.165) is 18.2 Å². The van der Waals surface area contributed by atoms with Crippen LogP contribution in [0.5, 0.6) is 0 Å². The van der Waals surface area contributed by atoms with Gasteiger partial charge in [-0.25, -0.2) is 0 Å². The molecule has 19 heavy (non-hydrogen) atoms. The average Bonchev–Trinajstić information content (AvgIpc) is 2.36. The second kappa shape index (κ2) is 7.60. The van der Waals surface area contributed by atoms with Crippen LogP contribution in [0.3, 0.4) is 0 Å². The molecule has 0 spiro atoms. The van der Waals surface area contributed by atoms with Gasteiger partial charge in [-0.1, -0.05) is 17.7 Å². The molecule has 0 fully saturated rings. The normalized spacial score (nSPS) is 11.6. The van der Waals surface area contributed by atoms with Crippen molar-refractivity contribution in [2.75, 3.05) is 26.8 Å². The molecule has 0 aromatic heterocycles. The molecule has 0 saturated carbocycles. The monoisotopic (exact) mass is 268 g/mol. The molecule has 0 amide bonds. The summed E-state index contributed by atoms with van der Waals surface area (Å²) in [4.78, 5) is 9.90. The van der Waals surface area contributed by atoms with Crippen molar-refractivity contribution in [2.24, 2.45) is 0 Å². The number of hydrogen-bond acceptors (Lipinski definition) is 4. The zero-order valence-electron chi connectivity index (χ0n) is 11.0. The minimum absolute atomic E-state index is 0.506. The molecule has 0 aliphatic rings. The first-order valence-corrected chi connectivity index (χ1v) is 5.85. The van der Waals surface area contributed by atoms with E-state index in [-0.39, 0.29) is 0 Å². The standard InChI is InChI=1S/C13H17FN2O3/c1-10(9-15-5-6-19-2)7-11-3-4-12(14)13(8-11)16(17)18/h3-4,7-8,15H,5-6,9H2,1-2H3/b10-7+. The van der Waals surface area contributed by atoms with Gasteiger partial charge in [0.25, 0.3) is 0 Å².